The van der Waals surface area contributed by atoms with Crippen molar-refractivity contribution in [2.24, 2.45) is 0 Å². The van der Waals surface area contributed by atoms with Gasteiger partial charge >= 0.3 is 0 Å². The Morgan fingerprint density at radius 3 is 2.65 bits per heavy atom. The molecule has 0 bridgehead atoms. The van der Waals surface area contributed by atoms with E-state index in [9.17, 15) is 0 Å². The number of benzene rings is 2. The lowest BCUT2D eigenvalue weighted by Crippen LogP contribution is -2.37. The minimum absolute atomic E-state index is 0.215. The largest absolute Gasteiger partial charge is 0.490 e. The number of rotatable bonds is 5. The maximum atomic E-state index is 6.03. The normalized spacial score (nSPS) is 15.9. The van der Waals surface area contributed by atoms with Crippen LogP contribution in [-0.2, 0) is 6.54 Å². The molecule has 0 saturated carbocycles. The molecule has 2 aromatic carbocycles. The minimum atomic E-state index is 0.215. The Kier molecular flexibility index (Phi) is 5.18. The van der Waals surface area contributed by atoms with Crippen molar-refractivity contribution >= 4 is 11.6 Å². The van der Waals surface area contributed by atoms with E-state index >= 15 is 0 Å². The number of nitrogens with zero attached hydrogens (tertiary/aromatic N) is 3. The van der Waals surface area contributed by atoms with Crippen molar-refractivity contribution in [3.8, 4) is 17.1 Å². The molecule has 6 heteroatoms. The van der Waals surface area contributed by atoms with Crippen LogP contribution in [0.4, 0.5) is 0 Å². The zero-order valence-corrected chi connectivity index (χ0v) is 15.1. The molecule has 1 fully saturated rings. The molecule has 5 nitrogen and oxygen atoms in total. The van der Waals surface area contributed by atoms with E-state index < -0.39 is 0 Å². The Balaban J connectivity index is 1.29. The van der Waals surface area contributed by atoms with Gasteiger partial charge in [-0.3, -0.25) is 4.90 Å². The first-order valence-electron chi connectivity index (χ1n) is 8.79. The van der Waals surface area contributed by atoms with Crippen LogP contribution >= 0.6 is 11.6 Å². The third-order valence-electron chi connectivity index (χ3n) is 4.49. The lowest BCUT2D eigenvalue weighted by molar-refractivity contribution is 0.0904. The van der Waals surface area contributed by atoms with Gasteiger partial charge in [0.05, 0.1) is 6.54 Å². The molecule has 1 saturated heterocycles. The molecule has 3 aromatic rings. The van der Waals surface area contributed by atoms with Gasteiger partial charge in [0.25, 0.3) is 0 Å². The highest BCUT2D eigenvalue weighted by molar-refractivity contribution is 6.30. The van der Waals surface area contributed by atoms with Crippen LogP contribution in [0.5, 0.6) is 5.75 Å². The summed E-state index contributed by atoms with van der Waals surface area (Å²) in [6.45, 7) is 2.55. The predicted octanol–water partition coefficient (Wildman–Crippen LogP) is 4.43. The molecule has 0 N–H and O–H groups in total. The van der Waals surface area contributed by atoms with E-state index in [1.807, 2.05) is 54.6 Å². The van der Waals surface area contributed by atoms with Crippen molar-refractivity contribution in [3.05, 3.63) is 65.5 Å². The van der Waals surface area contributed by atoms with E-state index in [-0.39, 0.29) is 6.10 Å². The molecule has 1 aromatic heterocycles. The fourth-order valence-electron chi connectivity index (χ4n) is 3.13. The van der Waals surface area contributed by atoms with Crippen molar-refractivity contribution in [1.82, 2.24) is 15.0 Å². The number of ether oxygens (including phenoxy) is 1. The van der Waals surface area contributed by atoms with Gasteiger partial charge in [0, 0.05) is 23.7 Å². The molecule has 0 aliphatic carbocycles. The number of halogens is 1. The fraction of sp³-hybridized carbons (Fsp3) is 0.300. The molecular weight excluding hydrogens is 350 g/mol. The molecule has 1 aliphatic heterocycles. The highest BCUT2D eigenvalue weighted by atomic mass is 35.5. The van der Waals surface area contributed by atoms with Crippen molar-refractivity contribution in [3.63, 3.8) is 0 Å². The number of piperidine rings is 1. The van der Waals surface area contributed by atoms with Gasteiger partial charge < -0.3 is 9.26 Å². The van der Waals surface area contributed by atoms with Crippen LogP contribution < -0.4 is 4.74 Å². The lowest BCUT2D eigenvalue weighted by atomic mass is 10.1. The fourth-order valence-corrected chi connectivity index (χ4v) is 3.31. The molecule has 134 valence electrons. The van der Waals surface area contributed by atoms with Gasteiger partial charge in [-0.15, -0.1) is 0 Å². The van der Waals surface area contributed by atoms with Crippen molar-refractivity contribution in [1.29, 1.82) is 0 Å². The summed E-state index contributed by atoms with van der Waals surface area (Å²) in [5.41, 5.74) is 0.969. The van der Waals surface area contributed by atoms with Crippen molar-refractivity contribution in [2.45, 2.75) is 25.5 Å². The molecule has 4 rings (SSSR count). The van der Waals surface area contributed by atoms with E-state index in [0.29, 0.717) is 23.3 Å². The first kappa shape index (κ1) is 17.1. The maximum Gasteiger partial charge on any atom is 0.241 e. The molecule has 1 aliphatic rings. The topological polar surface area (TPSA) is 51.4 Å². The van der Waals surface area contributed by atoms with E-state index in [0.717, 1.165) is 37.2 Å². The summed E-state index contributed by atoms with van der Waals surface area (Å²) < 4.78 is 11.4. The zero-order valence-electron chi connectivity index (χ0n) is 14.3. The van der Waals surface area contributed by atoms with Crippen molar-refractivity contribution < 1.29 is 9.26 Å². The van der Waals surface area contributed by atoms with Crippen LogP contribution in [0, 0.1) is 0 Å². The lowest BCUT2D eigenvalue weighted by Gasteiger charge is -2.31. The van der Waals surface area contributed by atoms with Gasteiger partial charge in [-0.25, -0.2) is 0 Å². The SMILES string of the molecule is Clc1cccc(OC2CCN(Cc3nc(-c4ccccc4)no3)CC2)c1. The number of hydrogen-bond donors (Lipinski definition) is 0. The van der Waals surface area contributed by atoms with Crippen LogP contribution in [0.15, 0.2) is 59.1 Å². The van der Waals surface area contributed by atoms with Crippen LogP contribution in [0.1, 0.15) is 18.7 Å². The van der Waals surface area contributed by atoms with Crippen LogP contribution in [0.25, 0.3) is 11.4 Å². The zero-order chi connectivity index (χ0) is 17.8. The molecule has 0 spiro atoms. The van der Waals surface area contributed by atoms with Gasteiger partial charge in [-0.05, 0) is 31.0 Å². The molecular formula is C20H20ClN3O2. The molecule has 0 unspecified atom stereocenters. The first-order valence-corrected chi connectivity index (χ1v) is 9.17. The Morgan fingerprint density at radius 1 is 1.08 bits per heavy atom. The number of likely N-dealkylation sites (tertiary alicyclic amines) is 1. The summed E-state index contributed by atoms with van der Waals surface area (Å²) in [7, 11) is 0. The standard InChI is InChI=1S/C20H20ClN3O2/c21-16-7-4-8-18(13-16)25-17-9-11-24(12-10-17)14-19-22-20(23-26-19)15-5-2-1-3-6-15/h1-8,13,17H,9-12,14H2. The monoisotopic (exact) mass is 369 g/mol. The smallest absolute Gasteiger partial charge is 0.241 e. The summed E-state index contributed by atoms with van der Waals surface area (Å²) >= 11 is 6.01. The summed E-state index contributed by atoms with van der Waals surface area (Å²) in [6.07, 6.45) is 2.14. The molecule has 0 atom stereocenters. The Labute approximate surface area is 157 Å². The van der Waals surface area contributed by atoms with Gasteiger partial charge in [-0.2, -0.15) is 4.98 Å². The average molecular weight is 370 g/mol. The van der Waals surface area contributed by atoms with Crippen molar-refractivity contribution in [2.75, 3.05) is 13.1 Å². The third-order valence-corrected chi connectivity index (χ3v) is 4.73. The Morgan fingerprint density at radius 2 is 1.88 bits per heavy atom. The van der Waals surface area contributed by atoms with Crippen LogP contribution in [0.3, 0.4) is 0 Å². The highest BCUT2D eigenvalue weighted by Gasteiger charge is 2.22. The molecule has 26 heavy (non-hydrogen) atoms. The second kappa shape index (κ2) is 7.89. The van der Waals surface area contributed by atoms with Gasteiger partial charge in [0.1, 0.15) is 11.9 Å². The number of hydrogen-bond acceptors (Lipinski definition) is 5. The van der Waals surface area contributed by atoms with E-state index in [1.54, 1.807) is 0 Å². The predicted molar refractivity (Wildman–Crippen MR) is 100 cm³/mol. The van der Waals surface area contributed by atoms with E-state index in [2.05, 4.69) is 15.0 Å². The summed E-state index contributed by atoms with van der Waals surface area (Å²) in [5, 5.41) is 4.78. The van der Waals surface area contributed by atoms with Crippen LogP contribution in [-0.4, -0.2) is 34.2 Å². The Hall–Kier alpha value is -2.37. The minimum Gasteiger partial charge on any atom is -0.490 e. The second-order valence-corrected chi connectivity index (χ2v) is 6.86. The Bertz CT molecular complexity index is 845. The summed E-state index contributed by atoms with van der Waals surface area (Å²) in [4.78, 5) is 6.83. The summed E-state index contributed by atoms with van der Waals surface area (Å²) in [5.74, 6) is 2.12. The van der Waals surface area contributed by atoms with Crippen LogP contribution in [0.2, 0.25) is 5.02 Å². The van der Waals surface area contributed by atoms with E-state index in [1.165, 1.54) is 0 Å². The van der Waals surface area contributed by atoms with Gasteiger partial charge in [0.2, 0.25) is 11.7 Å². The average Bonchev–Trinajstić information content (AvgIpc) is 3.13. The molecule has 2 heterocycles. The quantitative estimate of drug-likeness (QED) is 0.665. The molecule has 0 radical (unpaired) electrons. The maximum absolute atomic E-state index is 6.03. The van der Waals surface area contributed by atoms with E-state index in [4.69, 9.17) is 20.9 Å². The first-order chi connectivity index (χ1) is 12.8. The van der Waals surface area contributed by atoms with Gasteiger partial charge in [-0.1, -0.05) is 53.2 Å². The third kappa shape index (κ3) is 4.23. The second-order valence-electron chi connectivity index (χ2n) is 6.43. The molecule has 0 amide bonds. The van der Waals surface area contributed by atoms with Gasteiger partial charge in [0.15, 0.2) is 0 Å². The summed E-state index contributed by atoms with van der Waals surface area (Å²) in [6, 6.07) is 17.4. The highest BCUT2D eigenvalue weighted by Crippen LogP contribution is 2.23. The number of aromatic nitrogens is 2.